The third-order valence-electron chi connectivity index (χ3n) is 3.53. The van der Waals surface area contributed by atoms with Gasteiger partial charge in [-0.25, -0.2) is 0 Å². The lowest BCUT2D eigenvalue weighted by atomic mass is 10.1. The topological polar surface area (TPSA) is 60.8 Å². The Kier molecular flexibility index (Phi) is 4.80. The molecule has 0 saturated carbocycles. The summed E-state index contributed by atoms with van der Waals surface area (Å²) < 4.78 is 0. The van der Waals surface area contributed by atoms with Gasteiger partial charge in [0.1, 0.15) is 0 Å². The van der Waals surface area contributed by atoms with Crippen molar-refractivity contribution in [2.45, 2.75) is 31.4 Å². The van der Waals surface area contributed by atoms with Gasteiger partial charge in [0.2, 0.25) is 5.91 Å². The molecule has 1 aliphatic heterocycles. The minimum absolute atomic E-state index is 0.0111. The van der Waals surface area contributed by atoms with Gasteiger partial charge in [0.05, 0.1) is 25.2 Å². The minimum atomic E-state index is -0.829. The summed E-state index contributed by atoms with van der Waals surface area (Å²) in [7, 11) is 0. The average Bonchev–Trinajstić information content (AvgIpc) is 2.87. The summed E-state index contributed by atoms with van der Waals surface area (Å²) in [5.74, 6) is -0.112. The van der Waals surface area contributed by atoms with Crippen molar-refractivity contribution in [3.8, 4) is 0 Å². The second-order valence-corrected chi connectivity index (χ2v) is 5.27. The molecule has 0 aliphatic carbocycles. The Morgan fingerprint density at radius 3 is 2.74 bits per heavy atom. The zero-order valence-corrected chi connectivity index (χ0v) is 11.4. The van der Waals surface area contributed by atoms with E-state index in [0.717, 1.165) is 12.8 Å². The van der Waals surface area contributed by atoms with E-state index in [0.29, 0.717) is 17.1 Å². The molecular weight excluding hydrogens is 266 g/mol. The molecule has 1 saturated heterocycles. The molecule has 0 radical (unpaired) electrons. The van der Waals surface area contributed by atoms with Crippen LogP contribution in [0, 0.1) is 0 Å². The Balaban J connectivity index is 1.96. The van der Waals surface area contributed by atoms with Gasteiger partial charge < -0.3 is 15.1 Å². The first-order valence-electron chi connectivity index (χ1n) is 6.45. The summed E-state index contributed by atoms with van der Waals surface area (Å²) in [6.45, 7) is 0.653. The number of hydrogen-bond donors (Lipinski definition) is 2. The van der Waals surface area contributed by atoms with Crippen LogP contribution in [0.15, 0.2) is 24.3 Å². The molecule has 1 aromatic rings. The van der Waals surface area contributed by atoms with Crippen LogP contribution in [0.5, 0.6) is 0 Å². The molecule has 0 aromatic heterocycles. The molecule has 104 valence electrons. The van der Waals surface area contributed by atoms with E-state index in [-0.39, 0.29) is 25.0 Å². The number of amides is 1. The van der Waals surface area contributed by atoms with E-state index in [1.165, 1.54) is 0 Å². The lowest BCUT2D eigenvalue weighted by Gasteiger charge is -2.24. The van der Waals surface area contributed by atoms with Crippen molar-refractivity contribution < 1.29 is 15.0 Å². The molecule has 4 nitrogen and oxygen atoms in total. The average molecular weight is 284 g/mol. The molecule has 1 heterocycles. The van der Waals surface area contributed by atoms with Crippen LogP contribution in [0.4, 0.5) is 0 Å². The van der Waals surface area contributed by atoms with E-state index in [9.17, 15) is 15.0 Å². The molecule has 0 spiro atoms. The second kappa shape index (κ2) is 6.37. The number of hydrogen-bond acceptors (Lipinski definition) is 3. The van der Waals surface area contributed by atoms with Crippen LogP contribution in [-0.2, 0) is 4.79 Å². The van der Waals surface area contributed by atoms with E-state index in [4.69, 9.17) is 11.6 Å². The summed E-state index contributed by atoms with van der Waals surface area (Å²) in [6.07, 6.45) is 0.954. The molecule has 1 unspecified atom stereocenters. The highest BCUT2D eigenvalue weighted by molar-refractivity contribution is 6.30. The monoisotopic (exact) mass is 283 g/mol. The van der Waals surface area contributed by atoms with Crippen LogP contribution in [0.25, 0.3) is 0 Å². The van der Waals surface area contributed by atoms with Gasteiger partial charge in [0, 0.05) is 11.6 Å². The molecule has 2 N–H and O–H groups in total. The van der Waals surface area contributed by atoms with Crippen LogP contribution in [0.1, 0.15) is 30.9 Å². The largest absolute Gasteiger partial charge is 0.394 e. The minimum Gasteiger partial charge on any atom is -0.394 e. The normalized spacial score (nSPS) is 20.6. The number of carbonyl (C=O) groups is 1. The highest BCUT2D eigenvalue weighted by Gasteiger charge is 2.29. The Bertz CT molecular complexity index is 435. The van der Waals surface area contributed by atoms with Gasteiger partial charge in [-0.1, -0.05) is 23.7 Å². The second-order valence-electron chi connectivity index (χ2n) is 4.84. The standard InChI is InChI=1S/C14H18ClNO3/c15-11-5-3-10(4-6-11)13(18)8-14(19)16-7-1-2-12(16)9-17/h3-6,12-13,17-18H,1-2,7-9H2/t12-,13?/m1/s1. The molecule has 1 aliphatic rings. The Labute approximate surface area is 117 Å². The smallest absolute Gasteiger partial charge is 0.225 e. The number of aliphatic hydroxyl groups is 2. The number of benzene rings is 1. The number of carbonyl (C=O) groups excluding carboxylic acids is 1. The lowest BCUT2D eigenvalue weighted by Crippen LogP contribution is -2.38. The zero-order chi connectivity index (χ0) is 13.8. The van der Waals surface area contributed by atoms with E-state index >= 15 is 0 Å². The van der Waals surface area contributed by atoms with Crippen LogP contribution < -0.4 is 0 Å². The summed E-state index contributed by atoms with van der Waals surface area (Å²) in [5, 5.41) is 19.8. The number of halogens is 1. The van der Waals surface area contributed by atoms with Gasteiger partial charge in [-0.15, -0.1) is 0 Å². The predicted molar refractivity (Wildman–Crippen MR) is 72.8 cm³/mol. The third-order valence-corrected chi connectivity index (χ3v) is 3.78. The van der Waals surface area contributed by atoms with Crippen LogP contribution >= 0.6 is 11.6 Å². The van der Waals surface area contributed by atoms with Crippen molar-refractivity contribution in [2.75, 3.05) is 13.2 Å². The maximum Gasteiger partial charge on any atom is 0.225 e. The quantitative estimate of drug-likeness (QED) is 0.885. The fourth-order valence-corrected chi connectivity index (χ4v) is 2.57. The van der Waals surface area contributed by atoms with E-state index < -0.39 is 6.10 Å². The summed E-state index contributed by atoms with van der Waals surface area (Å²) in [5.41, 5.74) is 0.678. The molecule has 0 bridgehead atoms. The van der Waals surface area contributed by atoms with Gasteiger partial charge in [-0.05, 0) is 30.5 Å². The summed E-state index contributed by atoms with van der Waals surface area (Å²) in [4.78, 5) is 13.8. The Morgan fingerprint density at radius 1 is 1.42 bits per heavy atom. The maximum atomic E-state index is 12.1. The first-order valence-corrected chi connectivity index (χ1v) is 6.83. The number of rotatable bonds is 4. The Hall–Kier alpha value is -1.10. The molecule has 2 rings (SSSR count). The highest BCUT2D eigenvalue weighted by Crippen LogP contribution is 2.23. The van der Waals surface area contributed by atoms with Crippen molar-refractivity contribution in [1.29, 1.82) is 0 Å². The molecule has 19 heavy (non-hydrogen) atoms. The van der Waals surface area contributed by atoms with Crippen LogP contribution in [0.2, 0.25) is 5.02 Å². The highest BCUT2D eigenvalue weighted by atomic mass is 35.5. The first-order chi connectivity index (χ1) is 9.11. The van der Waals surface area contributed by atoms with Gasteiger partial charge in [0.25, 0.3) is 0 Å². The van der Waals surface area contributed by atoms with Gasteiger partial charge in [-0.2, -0.15) is 0 Å². The molecule has 1 amide bonds. The van der Waals surface area contributed by atoms with E-state index in [1.54, 1.807) is 29.2 Å². The van der Waals surface area contributed by atoms with E-state index in [1.807, 2.05) is 0 Å². The molecule has 1 fully saturated rings. The van der Waals surface area contributed by atoms with Crippen LogP contribution in [0.3, 0.4) is 0 Å². The zero-order valence-electron chi connectivity index (χ0n) is 10.6. The van der Waals surface area contributed by atoms with Gasteiger partial charge in [-0.3, -0.25) is 4.79 Å². The van der Waals surface area contributed by atoms with Gasteiger partial charge in [0.15, 0.2) is 0 Å². The van der Waals surface area contributed by atoms with Crippen molar-refractivity contribution in [3.63, 3.8) is 0 Å². The molecule has 2 atom stereocenters. The predicted octanol–water partition coefficient (Wildman–Crippen LogP) is 1.75. The number of aliphatic hydroxyl groups excluding tert-OH is 2. The molecule has 5 heteroatoms. The fraction of sp³-hybridized carbons (Fsp3) is 0.500. The SMILES string of the molecule is O=C(CC(O)c1ccc(Cl)cc1)N1CCC[C@@H]1CO. The Morgan fingerprint density at radius 2 is 2.11 bits per heavy atom. The molecule has 1 aromatic carbocycles. The molecular formula is C14H18ClNO3. The fourth-order valence-electron chi connectivity index (χ4n) is 2.44. The van der Waals surface area contributed by atoms with Crippen molar-refractivity contribution in [3.05, 3.63) is 34.9 Å². The summed E-state index contributed by atoms with van der Waals surface area (Å²) in [6, 6.07) is 6.72. The third kappa shape index (κ3) is 3.47. The van der Waals surface area contributed by atoms with E-state index in [2.05, 4.69) is 0 Å². The van der Waals surface area contributed by atoms with Crippen molar-refractivity contribution in [1.82, 2.24) is 4.90 Å². The van der Waals surface area contributed by atoms with Crippen molar-refractivity contribution >= 4 is 17.5 Å². The lowest BCUT2D eigenvalue weighted by molar-refractivity contribution is -0.134. The number of nitrogens with zero attached hydrogens (tertiary/aromatic N) is 1. The maximum absolute atomic E-state index is 12.1. The number of likely N-dealkylation sites (tertiary alicyclic amines) is 1. The first kappa shape index (κ1) is 14.3. The van der Waals surface area contributed by atoms with Crippen LogP contribution in [-0.4, -0.2) is 40.2 Å². The van der Waals surface area contributed by atoms with Crippen molar-refractivity contribution in [2.24, 2.45) is 0 Å². The summed E-state index contributed by atoms with van der Waals surface area (Å²) >= 11 is 5.78. The van der Waals surface area contributed by atoms with Gasteiger partial charge >= 0.3 is 0 Å².